The number of hydrogen-bond acceptors (Lipinski definition) is 1. The van der Waals surface area contributed by atoms with Crippen molar-refractivity contribution in [2.75, 3.05) is 7.11 Å². The Morgan fingerprint density at radius 2 is 1.53 bits per heavy atom. The Morgan fingerprint density at radius 3 is 2.18 bits per heavy atom. The monoisotopic (exact) mass is 230 g/mol. The van der Waals surface area contributed by atoms with Crippen LogP contribution in [0.5, 0.6) is 5.75 Å². The van der Waals surface area contributed by atoms with Gasteiger partial charge in [-0.25, -0.2) is 4.39 Å². The molecule has 0 aromatic heterocycles. The number of benzene rings is 2. The number of rotatable bonds is 2. The first-order valence-corrected chi connectivity index (χ1v) is 5.53. The van der Waals surface area contributed by atoms with Gasteiger partial charge in [-0.3, -0.25) is 0 Å². The third-order valence-corrected chi connectivity index (χ3v) is 2.90. The van der Waals surface area contributed by atoms with Crippen molar-refractivity contribution in [3.05, 3.63) is 53.3 Å². The summed E-state index contributed by atoms with van der Waals surface area (Å²) in [4.78, 5) is 0. The molecule has 0 radical (unpaired) electrons. The third-order valence-electron chi connectivity index (χ3n) is 2.90. The summed E-state index contributed by atoms with van der Waals surface area (Å²) in [5.74, 6) is 0.678. The minimum atomic E-state index is -0.173. The standard InChI is InChI=1S/C15H15FO/c1-10-4-5-13(9-15(10)17-3)12-6-7-14(16)11(2)8-12/h4-9H,1-3H3. The van der Waals surface area contributed by atoms with Crippen LogP contribution < -0.4 is 4.74 Å². The second-order valence-corrected chi connectivity index (χ2v) is 4.15. The molecule has 0 unspecified atom stereocenters. The van der Waals surface area contributed by atoms with Crippen LogP contribution in [0.3, 0.4) is 0 Å². The van der Waals surface area contributed by atoms with E-state index in [-0.39, 0.29) is 5.82 Å². The quantitative estimate of drug-likeness (QED) is 0.754. The van der Waals surface area contributed by atoms with Gasteiger partial charge in [-0.1, -0.05) is 18.2 Å². The molecule has 0 N–H and O–H groups in total. The Labute approximate surface area is 101 Å². The molecule has 0 aliphatic carbocycles. The minimum absolute atomic E-state index is 0.173. The maximum absolute atomic E-state index is 13.2. The second kappa shape index (κ2) is 4.58. The molecular weight excluding hydrogens is 215 g/mol. The van der Waals surface area contributed by atoms with E-state index in [1.807, 2.05) is 31.2 Å². The van der Waals surface area contributed by atoms with Crippen LogP contribution in [0.2, 0.25) is 0 Å². The number of aryl methyl sites for hydroxylation is 2. The van der Waals surface area contributed by atoms with Crippen LogP contribution in [0.4, 0.5) is 4.39 Å². The Kier molecular flexibility index (Phi) is 3.14. The average molecular weight is 230 g/mol. The van der Waals surface area contributed by atoms with Crippen molar-refractivity contribution in [2.24, 2.45) is 0 Å². The normalized spacial score (nSPS) is 10.4. The lowest BCUT2D eigenvalue weighted by Crippen LogP contribution is -1.89. The zero-order chi connectivity index (χ0) is 12.4. The molecule has 0 amide bonds. The largest absolute Gasteiger partial charge is 0.496 e. The first-order chi connectivity index (χ1) is 8.11. The van der Waals surface area contributed by atoms with E-state index >= 15 is 0 Å². The molecule has 0 aliphatic heterocycles. The minimum Gasteiger partial charge on any atom is -0.496 e. The van der Waals surface area contributed by atoms with Gasteiger partial charge in [-0.15, -0.1) is 0 Å². The predicted octanol–water partition coefficient (Wildman–Crippen LogP) is 4.12. The lowest BCUT2D eigenvalue weighted by molar-refractivity contribution is 0.412. The third kappa shape index (κ3) is 2.31. The predicted molar refractivity (Wildman–Crippen MR) is 67.9 cm³/mol. The molecule has 17 heavy (non-hydrogen) atoms. The van der Waals surface area contributed by atoms with E-state index in [0.717, 1.165) is 22.4 Å². The van der Waals surface area contributed by atoms with Gasteiger partial charge in [-0.2, -0.15) is 0 Å². The maximum atomic E-state index is 13.2. The highest BCUT2D eigenvalue weighted by molar-refractivity contribution is 5.66. The van der Waals surface area contributed by atoms with Gasteiger partial charge in [0.05, 0.1) is 7.11 Å². The zero-order valence-corrected chi connectivity index (χ0v) is 10.3. The molecule has 0 bridgehead atoms. The fraction of sp³-hybridized carbons (Fsp3) is 0.200. The summed E-state index contributed by atoms with van der Waals surface area (Å²) >= 11 is 0. The van der Waals surface area contributed by atoms with Crippen molar-refractivity contribution in [1.29, 1.82) is 0 Å². The fourth-order valence-electron chi connectivity index (χ4n) is 1.82. The van der Waals surface area contributed by atoms with E-state index in [2.05, 4.69) is 0 Å². The summed E-state index contributed by atoms with van der Waals surface area (Å²) in [6.45, 7) is 3.77. The SMILES string of the molecule is COc1cc(-c2ccc(F)c(C)c2)ccc1C. The fourth-order valence-corrected chi connectivity index (χ4v) is 1.82. The molecule has 0 saturated carbocycles. The molecule has 0 spiro atoms. The van der Waals surface area contributed by atoms with E-state index in [1.54, 1.807) is 20.1 Å². The molecule has 2 heteroatoms. The van der Waals surface area contributed by atoms with Crippen molar-refractivity contribution in [3.8, 4) is 16.9 Å². The van der Waals surface area contributed by atoms with Crippen molar-refractivity contribution in [3.63, 3.8) is 0 Å². The van der Waals surface area contributed by atoms with Crippen LogP contribution in [0.25, 0.3) is 11.1 Å². The molecule has 0 heterocycles. The molecule has 88 valence electrons. The van der Waals surface area contributed by atoms with E-state index in [4.69, 9.17) is 4.74 Å². The molecule has 2 rings (SSSR count). The molecule has 0 saturated heterocycles. The van der Waals surface area contributed by atoms with E-state index < -0.39 is 0 Å². The van der Waals surface area contributed by atoms with Gasteiger partial charge in [0.15, 0.2) is 0 Å². The lowest BCUT2D eigenvalue weighted by atomic mass is 10.0. The number of hydrogen-bond donors (Lipinski definition) is 0. The highest BCUT2D eigenvalue weighted by Gasteiger charge is 2.04. The Balaban J connectivity index is 2.49. The zero-order valence-electron chi connectivity index (χ0n) is 10.3. The van der Waals surface area contributed by atoms with Gasteiger partial charge in [0, 0.05) is 0 Å². The maximum Gasteiger partial charge on any atom is 0.126 e. The number of methoxy groups -OCH3 is 1. The summed E-state index contributed by atoms with van der Waals surface area (Å²) in [6, 6.07) is 11.1. The molecular formula is C15H15FO. The number of ether oxygens (including phenoxy) is 1. The van der Waals surface area contributed by atoms with E-state index in [1.165, 1.54) is 6.07 Å². The van der Waals surface area contributed by atoms with Crippen LogP contribution in [0.15, 0.2) is 36.4 Å². The van der Waals surface area contributed by atoms with Crippen molar-refractivity contribution in [1.82, 2.24) is 0 Å². The lowest BCUT2D eigenvalue weighted by Gasteiger charge is -2.08. The smallest absolute Gasteiger partial charge is 0.126 e. The molecule has 0 aliphatic rings. The summed E-state index contributed by atoms with van der Waals surface area (Å²) in [5, 5.41) is 0. The molecule has 0 atom stereocenters. The molecule has 1 nitrogen and oxygen atoms in total. The van der Waals surface area contributed by atoms with E-state index in [0.29, 0.717) is 5.56 Å². The summed E-state index contributed by atoms with van der Waals surface area (Å²) in [5.41, 5.74) is 3.79. The van der Waals surface area contributed by atoms with Gasteiger partial charge in [-0.05, 0) is 54.3 Å². The average Bonchev–Trinajstić information content (AvgIpc) is 2.33. The summed E-state index contributed by atoms with van der Waals surface area (Å²) < 4.78 is 18.5. The van der Waals surface area contributed by atoms with Crippen LogP contribution in [-0.4, -0.2) is 7.11 Å². The Hall–Kier alpha value is -1.83. The van der Waals surface area contributed by atoms with Crippen molar-refractivity contribution < 1.29 is 9.13 Å². The van der Waals surface area contributed by atoms with Gasteiger partial charge in [0.2, 0.25) is 0 Å². The van der Waals surface area contributed by atoms with Crippen LogP contribution in [-0.2, 0) is 0 Å². The van der Waals surface area contributed by atoms with Gasteiger partial charge in [0.25, 0.3) is 0 Å². The highest BCUT2D eigenvalue weighted by Crippen LogP contribution is 2.27. The number of halogens is 1. The van der Waals surface area contributed by atoms with Crippen LogP contribution in [0.1, 0.15) is 11.1 Å². The first-order valence-electron chi connectivity index (χ1n) is 5.53. The van der Waals surface area contributed by atoms with Crippen molar-refractivity contribution >= 4 is 0 Å². The Bertz CT molecular complexity index is 547. The Morgan fingerprint density at radius 1 is 0.882 bits per heavy atom. The summed E-state index contributed by atoms with van der Waals surface area (Å²) in [7, 11) is 1.65. The first kappa shape index (κ1) is 11.6. The highest BCUT2D eigenvalue weighted by atomic mass is 19.1. The van der Waals surface area contributed by atoms with Crippen LogP contribution >= 0.6 is 0 Å². The van der Waals surface area contributed by atoms with Crippen molar-refractivity contribution in [2.45, 2.75) is 13.8 Å². The molecule has 2 aromatic rings. The summed E-state index contributed by atoms with van der Waals surface area (Å²) in [6.07, 6.45) is 0. The van der Waals surface area contributed by atoms with Gasteiger partial charge in [0.1, 0.15) is 11.6 Å². The molecule has 0 fully saturated rings. The second-order valence-electron chi connectivity index (χ2n) is 4.15. The van der Waals surface area contributed by atoms with Gasteiger partial charge >= 0.3 is 0 Å². The topological polar surface area (TPSA) is 9.23 Å². The van der Waals surface area contributed by atoms with E-state index in [9.17, 15) is 4.39 Å². The molecule has 2 aromatic carbocycles. The van der Waals surface area contributed by atoms with Gasteiger partial charge < -0.3 is 4.74 Å². The van der Waals surface area contributed by atoms with Crippen LogP contribution in [0, 0.1) is 19.7 Å².